The Morgan fingerprint density at radius 3 is 2.00 bits per heavy atom. The molecule has 2 atom stereocenters. The fourth-order valence-corrected chi connectivity index (χ4v) is 2.78. The molecule has 0 fully saturated rings. The third-order valence-electron chi connectivity index (χ3n) is 4.03. The summed E-state index contributed by atoms with van der Waals surface area (Å²) in [6, 6.07) is 15.3. The van der Waals surface area contributed by atoms with Gasteiger partial charge in [-0.3, -0.25) is 4.79 Å². The van der Waals surface area contributed by atoms with Crippen LogP contribution in [-0.2, 0) is 4.79 Å². The molecule has 2 aromatic rings. The van der Waals surface area contributed by atoms with Gasteiger partial charge in [0.2, 0.25) is 0 Å². The van der Waals surface area contributed by atoms with Crippen LogP contribution in [0.1, 0.15) is 11.5 Å². The van der Waals surface area contributed by atoms with Crippen molar-refractivity contribution in [2.75, 3.05) is 19.5 Å². The van der Waals surface area contributed by atoms with Crippen molar-refractivity contribution in [3.63, 3.8) is 0 Å². The van der Waals surface area contributed by atoms with Crippen LogP contribution in [0.2, 0.25) is 0 Å². The molecule has 1 N–H and O–H groups in total. The second-order valence-corrected chi connectivity index (χ2v) is 5.41. The topological polar surface area (TPSA) is 47.6 Å². The SMILES string of the molecule is COc1ccc(N[C@@H]2C=CC(=O)[C@H]2c2ccc(OC)cc2)cc1. The van der Waals surface area contributed by atoms with Crippen LogP contribution >= 0.6 is 0 Å². The molecule has 0 saturated heterocycles. The van der Waals surface area contributed by atoms with E-state index >= 15 is 0 Å². The molecule has 1 aliphatic carbocycles. The van der Waals surface area contributed by atoms with Crippen LogP contribution in [-0.4, -0.2) is 26.0 Å². The Hall–Kier alpha value is -2.75. The maximum Gasteiger partial charge on any atom is 0.165 e. The van der Waals surface area contributed by atoms with Gasteiger partial charge in [-0.15, -0.1) is 0 Å². The second-order valence-electron chi connectivity index (χ2n) is 5.41. The number of hydrogen-bond donors (Lipinski definition) is 1. The number of methoxy groups -OCH3 is 2. The fraction of sp³-hybridized carbons (Fsp3) is 0.211. The Labute approximate surface area is 135 Å². The van der Waals surface area contributed by atoms with Crippen molar-refractivity contribution < 1.29 is 14.3 Å². The molecule has 0 spiro atoms. The molecule has 2 aromatic carbocycles. The van der Waals surface area contributed by atoms with Gasteiger partial charge >= 0.3 is 0 Å². The minimum absolute atomic E-state index is 0.0655. The average Bonchev–Trinajstić information content (AvgIpc) is 2.96. The predicted octanol–water partition coefficient (Wildman–Crippen LogP) is 3.41. The summed E-state index contributed by atoms with van der Waals surface area (Å²) in [6.07, 6.45) is 3.57. The van der Waals surface area contributed by atoms with Crippen molar-refractivity contribution in [2.24, 2.45) is 0 Å². The molecule has 0 radical (unpaired) electrons. The van der Waals surface area contributed by atoms with Crippen molar-refractivity contribution in [1.29, 1.82) is 0 Å². The third-order valence-corrected chi connectivity index (χ3v) is 4.03. The van der Waals surface area contributed by atoms with Crippen molar-refractivity contribution in [3.05, 3.63) is 66.2 Å². The Morgan fingerprint density at radius 1 is 0.870 bits per heavy atom. The van der Waals surface area contributed by atoms with E-state index in [1.54, 1.807) is 20.3 Å². The largest absolute Gasteiger partial charge is 0.497 e. The van der Waals surface area contributed by atoms with E-state index in [0.717, 1.165) is 22.7 Å². The van der Waals surface area contributed by atoms with Crippen molar-refractivity contribution in [1.82, 2.24) is 0 Å². The highest BCUT2D eigenvalue weighted by molar-refractivity contribution is 5.99. The van der Waals surface area contributed by atoms with Crippen molar-refractivity contribution in [2.45, 2.75) is 12.0 Å². The molecule has 0 aliphatic heterocycles. The molecule has 0 aromatic heterocycles. The minimum atomic E-state index is -0.219. The highest BCUT2D eigenvalue weighted by Crippen LogP contribution is 2.31. The number of ketones is 1. The normalized spacial score (nSPS) is 19.7. The van der Waals surface area contributed by atoms with Crippen molar-refractivity contribution >= 4 is 11.5 Å². The number of carbonyl (C=O) groups is 1. The monoisotopic (exact) mass is 309 g/mol. The Balaban J connectivity index is 1.79. The zero-order valence-corrected chi connectivity index (χ0v) is 13.2. The zero-order valence-electron chi connectivity index (χ0n) is 13.2. The van der Waals surface area contributed by atoms with Crippen LogP contribution in [0.4, 0.5) is 5.69 Å². The van der Waals surface area contributed by atoms with Gasteiger partial charge < -0.3 is 14.8 Å². The van der Waals surface area contributed by atoms with Crippen LogP contribution < -0.4 is 14.8 Å². The lowest BCUT2D eigenvalue weighted by Gasteiger charge is -2.21. The third kappa shape index (κ3) is 3.21. The van der Waals surface area contributed by atoms with Gasteiger partial charge in [0, 0.05) is 5.69 Å². The minimum Gasteiger partial charge on any atom is -0.497 e. The van der Waals surface area contributed by atoms with Gasteiger partial charge in [-0.05, 0) is 48.0 Å². The van der Waals surface area contributed by atoms with E-state index in [9.17, 15) is 4.79 Å². The standard InChI is InChI=1S/C19H19NO3/c1-22-15-7-3-13(4-8-15)19-17(11-12-18(19)21)20-14-5-9-16(23-2)10-6-14/h3-12,17,19-20H,1-2H3/t17-,19+/m1/s1. The molecule has 4 heteroatoms. The first-order chi connectivity index (χ1) is 11.2. The smallest absolute Gasteiger partial charge is 0.165 e. The molecule has 0 heterocycles. The number of anilines is 1. The summed E-state index contributed by atoms with van der Waals surface area (Å²) < 4.78 is 10.3. The molecule has 0 amide bonds. The fourth-order valence-electron chi connectivity index (χ4n) is 2.78. The van der Waals surface area contributed by atoms with E-state index < -0.39 is 0 Å². The van der Waals surface area contributed by atoms with E-state index in [1.165, 1.54) is 0 Å². The molecule has 1 aliphatic rings. The summed E-state index contributed by atoms with van der Waals surface area (Å²) in [5.41, 5.74) is 1.93. The van der Waals surface area contributed by atoms with Crippen LogP contribution in [0.15, 0.2) is 60.7 Å². The van der Waals surface area contributed by atoms with Gasteiger partial charge in [-0.1, -0.05) is 18.2 Å². The van der Waals surface area contributed by atoms with Crippen LogP contribution in [0, 0.1) is 0 Å². The van der Waals surface area contributed by atoms with Crippen LogP contribution in [0.25, 0.3) is 0 Å². The first-order valence-corrected chi connectivity index (χ1v) is 7.48. The summed E-state index contributed by atoms with van der Waals surface area (Å²) in [7, 11) is 3.27. The molecule has 118 valence electrons. The molecule has 0 unspecified atom stereocenters. The first-order valence-electron chi connectivity index (χ1n) is 7.48. The highest BCUT2D eigenvalue weighted by atomic mass is 16.5. The quantitative estimate of drug-likeness (QED) is 0.919. The second kappa shape index (κ2) is 6.57. The number of rotatable bonds is 5. The number of allylic oxidation sites excluding steroid dienone is 1. The molecule has 0 bridgehead atoms. The van der Waals surface area contributed by atoms with E-state index in [1.807, 2.05) is 54.6 Å². The maximum atomic E-state index is 12.3. The highest BCUT2D eigenvalue weighted by Gasteiger charge is 2.31. The van der Waals surface area contributed by atoms with Crippen LogP contribution in [0.3, 0.4) is 0 Å². The Morgan fingerprint density at radius 2 is 1.43 bits per heavy atom. The lowest BCUT2D eigenvalue weighted by Crippen LogP contribution is -2.26. The van der Waals surface area contributed by atoms with Crippen LogP contribution in [0.5, 0.6) is 11.5 Å². The number of hydrogen-bond acceptors (Lipinski definition) is 4. The van der Waals surface area contributed by atoms with Gasteiger partial charge in [0.15, 0.2) is 5.78 Å². The van der Waals surface area contributed by atoms with E-state index in [0.29, 0.717) is 0 Å². The summed E-state index contributed by atoms with van der Waals surface area (Å²) in [6.45, 7) is 0. The summed E-state index contributed by atoms with van der Waals surface area (Å²) in [5.74, 6) is 1.48. The number of ether oxygens (including phenoxy) is 2. The molecule has 3 rings (SSSR count). The lowest BCUT2D eigenvalue weighted by molar-refractivity contribution is -0.115. The van der Waals surface area contributed by atoms with Gasteiger partial charge in [0.25, 0.3) is 0 Å². The molecule has 23 heavy (non-hydrogen) atoms. The van der Waals surface area contributed by atoms with Gasteiger partial charge in [0.05, 0.1) is 26.2 Å². The summed E-state index contributed by atoms with van der Waals surface area (Å²) in [4.78, 5) is 12.3. The van der Waals surface area contributed by atoms with Gasteiger partial charge in [0.1, 0.15) is 11.5 Å². The van der Waals surface area contributed by atoms with Crippen molar-refractivity contribution in [3.8, 4) is 11.5 Å². The number of nitrogens with one attached hydrogen (secondary N) is 1. The molecule has 0 saturated carbocycles. The Kier molecular flexibility index (Phi) is 4.33. The number of carbonyl (C=O) groups excluding carboxylic acids is 1. The van der Waals surface area contributed by atoms with E-state index in [2.05, 4.69) is 5.32 Å². The predicted molar refractivity (Wildman–Crippen MR) is 90.3 cm³/mol. The van der Waals surface area contributed by atoms with E-state index in [4.69, 9.17) is 9.47 Å². The molecular formula is C19H19NO3. The molecular weight excluding hydrogens is 290 g/mol. The Bertz CT molecular complexity index is 704. The molecule has 4 nitrogen and oxygen atoms in total. The van der Waals surface area contributed by atoms with E-state index in [-0.39, 0.29) is 17.7 Å². The average molecular weight is 309 g/mol. The summed E-state index contributed by atoms with van der Waals surface area (Å²) >= 11 is 0. The first kappa shape index (κ1) is 15.2. The van der Waals surface area contributed by atoms with Gasteiger partial charge in [-0.2, -0.15) is 0 Å². The van der Waals surface area contributed by atoms with Gasteiger partial charge in [-0.25, -0.2) is 0 Å². The number of benzene rings is 2. The summed E-state index contributed by atoms with van der Waals surface area (Å²) in [5, 5.41) is 3.41. The lowest BCUT2D eigenvalue weighted by atomic mass is 9.92. The zero-order chi connectivity index (χ0) is 16.2. The maximum absolute atomic E-state index is 12.3.